The van der Waals surface area contributed by atoms with Crippen LogP contribution in [0.5, 0.6) is 11.5 Å². The van der Waals surface area contributed by atoms with Crippen LogP contribution in [0.25, 0.3) is 0 Å². The summed E-state index contributed by atoms with van der Waals surface area (Å²) in [6, 6.07) is 14.7. The molecule has 0 aromatic heterocycles. The molecule has 1 nitrogen and oxygen atoms in total. The lowest BCUT2D eigenvalue weighted by atomic mass is 9.87. The van der Waals surface area contributed by atoms with Crippen molar-refractivity contribution in [3.8, 4) is 11.5 Å². The van der Waals surface area contributed by atoms with Gasteiger partial charge in [-0.05, 0) is 53.6 Å². The van der Waals surface area contributed by atoms with Crippen molar-refractivity contribution in [3.63, 3.8) is 0 Å². The SMILES string of the molecule is CCCCCc1ccc(Oc2ccc(C(C)(C)C)c(Br)c2)cc1. The van der Waals surface area contributed by atoms with Crippen LogP contribution in [0, 0.1) is 0 Å². The molecule has 2 aromatic rings. The second-order valence-electron chi connectivity index (χ2n) is 7.09. The maximum atomic E-state index is 5.98. The summed E-state index contributed by atoms with van der Waals surface area (Å²) in [6.07, 6.45) is 4.98. The summed E-state index contributed by atoms with van der Waals surface area (Å²) in [4.78, 5) is 0. The van der Waals surface area contributed by atoms with Gasteiger partial charge in [0.15, 0.2) is 0 Å². The van der Waals surface area contributed by atoms with E-state index in [1.165, 1.54) is 30.4 Å². The summed E-state index contributed by atoms with van der Waals surface area (Å²) in [6.45, 7) is 8.88. The third-order valence-corrected chi connectivity index (χ3v) is 4.63. The highest BCUT2D eigenvalue weighted by atomic mass is 79.9. The average Bonchev–Trinajstić information content (AvgIpc) is 2.48. The molecule has 0 fully saturated rings. The Hall–Kier alpha value is -1.28. The van der Waals surface area contributed by atoms with Crippen LogP contribution in [0.4, 0.5) is 0 Å². The number of ether oxygens (including phenoxy) is 1. The Bertz CT molecular complexity index is 623. The summed E-state index contributed by atoms with van der Waals surface area (Å²) in [5, 5.41) is 0. The fourth-order valence-electron chi connectivity index (χ4n) is 2.61. The van der Waals surface area contributed by atoms with Gasteiger partial charge in [0.2, 0.25) is 0 Å². The highest BCUT2D eigenvalue weighted by Crippen LogP contribution is 2.33. The van der Waals surface area contributed by atoms with Crippen molar-refractivity contribution in [1.82, 2.24) is 0 Å². The van der Waals surface area contributed by atoms with Crippen molar-refractivity contribution in [2.24, 2.45) is 0 Å². The van der Waals surface area contributed by atoms with Gasteiger partial charge < -0.3 is 4.74 Å². The Morgan fingerprint density at radius 2 is 1.57 bits per heavy atom. The minimum atomic E-state index is 0.123. The molecule has 124 valence electrons. The Labute approximate surface area is 149 Å². The molecule has 0 unspecified atom stereocenters. The number of unbranched alkanes of at least 4 members (excludes halogenated alkanes) is 2. The van der Waals surface area contributed by atoms with Crippen LogP contribution in [0.2, 0.25) is 0 Å². The highest BCUT2D eigenvalue weighted by molar-refractivity contribution is 9.10. The average molecular weight is 375 g/mol. The molecule has 0 aliphatic rings. The first-order chi connectivity index (χ1) is 10.9. The van der Waals surface area contributed by atoms with E-state index in [1.54, 1.807) is 0 Å². The Morgan fingerprint density at radius 1 is 0.913 bits per heavy atom. The van der Waals surface area contributed by atoms with E-state index in [1.807, 2.05) is 6.07 Å². The molecular weight excluding hydrogens is 348 g/mol. The first-order valence-electron chi connectivity index (χ1n) is 8.47. The van der Waals surface area contributed by atoms with Crippen LogP contribution in [0.15, 0.2) is 46.9 Å². The maximum Gasteiger partial charge on any atom is 0.128 e. The van der Waals surface area contributed by atoms with Gasteiger partial charge in [-0.2, -0.15) is 0 Å². The molecule has 2 aromatic carbocycles. The van der Waals surface area contributed by atoms with Crippen molar-refractivity contribution in [2.75, 3.05) is 0 Å². The van der Waals surface area contributed by atoms with Crippen LogP contribution in [0.3, 0.4) is 0 Å². The predicted octanol–water partition coefficient (Wildman–Crippen LogP) is 7.27. The molecule has 0 heterocycles. The molecule has 0 bridgehead atoms. The maximum absolute atomic E-state index is 5.98. The molecule has 2 rings (SSSR count). The highest BCUT2D eigenvalue weighted by Gasteiger charge is 2.17. The van der Waals surface area contributed by atoms with Crippen LogP contribution in [0.1, 0.15) is 58.1 Å². The van der Waals surface area contributed by atoms with Crippen molar-refractivity contribution in [1.29, 1.82) is 0 Å². The lowest BCUT2D eigenvalue weighted by Crippen LogP contribution is -2.11. The summed E-state index contributed by atoms with van der Waals surface area (Å²) in [5.74, 6) is 1.75. The van der Waals surface area contributed by atoms with Gasteiger partial charge in [-0.1, -0.05) is 74.7 Å². The monoisotopic (exact) mass is 374 g/mol. The van der Waals surface area contributed by atoms with Gasteiger partial charge in [0.05, 0.1) is 0 Å². The van der Waals surface area contributed by atoms with Crippen LogP contribution in [-0.4, -0.2) is 0 Å². The van der Waals surface area contributed by atoms with Crippen LogP contribution >= 0.6 is 15.9 Å². The van der Waals surface area contributed by atoms with E-state index < -0.39 is 0 Å². The second-order valence-corrected chi connectivity index (χ2v) is 7.95. The van der Waals surface area contributed by atoms with E-state index in [9.17, 15) is 0 Å². The number of rotatable bonds is 6. The molecule has 0 aliphatic carbocycles. The number of aryl methyl sites for hydroxylation is 1. The molecule has 0 amide bonds. The number of benzene rings is 2. The van der Waals surface area contributed by atoms with E-state index in [0.717, 1.165) is 22.4 Å². The van der Waals surface area contributed by atoms with Gasteiger partial charge in [0.1, 0.15) is 11.5 Å². The number of halogens is 1. The zero-order valence-electron chi connectivity index (χ0n) is 14.7. The molecule has 2 heteroatoms. The zero-order valence-corrected chi connectivity index (χ0v) is 16.2. The van der Waals surface area contributed by atoms with Crippen molar-refractivity contribution < 1.29 is 4.74 Å². The molecular formula is C21H27BrO. The smallest absolute Gasteiger partial charge is 0.128 e. The van der Waals surface area contributed by atoms with E-state index in [2.05, 4.69) is 80.0 Å². The Morgan fingerprint density at radius 3 is 2.13 bits per heavy atom. The van der Waals surface area contributed by atoms with E-state index in [0.29, 0.717) is 0 Å². The largest absolute Gasteiger partial charge is 0.457 e. The Kier molecular flexibility index (Phi) is 6.29. The third kappa shape index (κ3) is 5.39. The van der Waals surface area contributed by atoms with E-state index >= 15 is 0 Å². The van der Waals surface area contributed by atoms with Gasteiger partial charge >= 0.3 is 0 Å². The minimum absolute atomic E-state index is 0.123. The van der Waals surface area contributed by atoms with E-state index in [4.69, 9.17) is 4.74 Å². The fraction of sp³-hybridized carbons (Fsp3) is 0.429. The normalized spacial score (nSPS) is 11.5. The molecule has 0 saturated heterocycles. The zero-order chi connectivity index (χ0) is 16.9. The molecule has 23 heavy (non-hydrogen) atoms. The van der Waals surface area contributed by atoms with Gasteiger partial charge in [-0.25, -0.2) is 0 Å². The third-order valence-electron chi connectivity index (χ3n) is 3.98. The van der Waals surface area contributed by atoms with Crippen molar-refractivity contribution in [2.45, 2.75) is 58.8 Å². The predicted molar refractivity (Wildman–Crippen MR) is 103 cm³/mol. The van der Waals surface area contributed by atoms with Gasteiger partial charge in [-0.3, -0.25) is 0 Å². The van der Waals surface area contributed by atoms with E-state index in [-0.39, 0.29) is 5.41 Å². The standard InChI is InChI=1S/C21H27BrO/c1-5-6-7-8-16-9-11-17(12-10-16)23-18-13-14-19(20(22)15-18)21(2,3)4/h9-15H,5-8H2,1-4H3. The van der Waals surface area contributed by atoms with Gasteiger partial charge in [-0.15, -0.1) is 0 Å². The fourth-order valence-corrected chi connectivity index (χ4v) is 3.56. The van der Waals surface area contributed by atoms with Crippen molar-refractivity contribution >= 4 is 15.9 Å². The summed E-state index contributed by atoms with van der Waals surface area (Å²) >= 11 is 3.66. The Balaban J connectivity index is 2.03. The molecule has 0 atom stereocenters. The number of hydrogen-bond acceptors (Lipinski definition) is 1. The van der Waals surface area contributed by atoms with Crippen molar-refractivity contribution in [3.05, 3.63) is 58.1 Å². The quantitative estimate of drug-likeness (QED) is 0.482. The molecule has 0 saturated carbocycles. The lowest BCUT2D eigenvalue weighted by molar-refractivity contribution is 0.480. The first-order valence-corrected chi connectivity index (χ1v) is 9.26. The summed E-state index contributed by atoms with van der Waals surface area (Å²) in [7, 11) is 0. The second kappa shape index (κ2) is 8.01. The topological polar surface area (TPSA) is 9.23 Å². The first kappa shape index (κ1) is 18.1. The van der Waals surface area contributed by atoms with Crippen LogP contribution in [-0.2, 0) is 11.8 Å². The molecule has 0 aliphatic heterocycles. The van der Waals surface area contributed by atoms with Crippen LogP contribution < -0.4 is 4.74 Å². The summed E-state index contributed by atoms with van der Waals surface area (Å²) in [5.41, 5.74) is 2.79. The lowest BCUT2D eigenvalue weighted by Gasteiger charge is -2.21. The number of hydrogen-bond donors (Lipinski definition) is 0. The van der Waals surface area contributed by atoms with Gasteiger partial charge in [0, 0.05) is 4.47 Å². The molecule has 0 N–H and O–H groups in total. The molecule has 0 spiro atoms. The van der Waals surface area contributed by atoms with Gasteiger partial charge in [0.25, 0.3) is 0 Å². The summed E-state index contributed by atoms with van der Waals surface area (Å²) < 4.78 is 7.07. The minimum Gasteiger partial charge on any atom is -0.457 e. The molecule has 0 radical (unpaired) electrons.